The fraction of sp³-hybridized carbons (Fsp3) is 0.385. The standard InChI is InChI=1S/C13H14ClN3O4/c1-4-21-12(19)8-6-15-10-9(7(8)5-14)11(18)17(3)13(20)16(10)2/h6H,4-5H2,1-3H3. The Labute approximate surface area is 124 Å². The summed E-state index contributed by atoms with van der Waals surface area (Å²) < 4.78 is 7.12. The topological polar surface area (TPSA) is 83.2 Å². The van der Waals surface area contributed by atoms with E-state index in [1.165, 1.54) is 24.9 Å². The molecule has 0 aliphatic rings. The molecular weight excluding hydrogens is 298 g/mol. The van der Waals surface area contributed by atoms with Gasteiger partial charge in [0.05, 0.1) is 17.6 Å². The minimum absolute atomic E-state index is 0.0688. The monoisotopic (exact) mass is 311 g/mol. The van der Waals surface area contributed by atoms with Crippen LogP contribution in [0.2, 0.25) is 0 Å². The number of carbonyl (C=O) groups is 1. The quantitative estimate of drug-likeness (QED) is 0.610. The van der Waals surface area contributed by atoms with Gasteiger partial charge < -0.3 is 4.74 Å². The van der Waals surface area contributed by atoms with Gasteiger partial charge in [0.2, 0.25) is 0 Å². The summed E-state index contributed by atoms with van der Waals surface area (Å²) in [6, 6.07) is 0. The van der Waals surface area contributed by atoms with Crippen molar-refractivity contribution in [2.24, 2.45) is 14.1 Å². The number of halogens is 1. The summed E-state index contributed by atoms with van der Waals surface area (Å²) in [5.41, 5.74) is -0.398. The zero-order chi connectivity index (χ0) is 15.7. The Morgan fingerprint density at radius 1 is 1.33 bits per heavy atom. The largest absolute Gasteiger partial charge is 0.462 e. The Hall–Kier alpha value is -2.15. The highest BCUT2D eigenvalue weighted by Gasteiger charge is 2.20. The lowest BCUT2D eigenvalue weighted by Crippen LogP contribution is -2.38. The molecule has 0 fully saturated rings. The molecule has 0 saturated carbocycles. The van der Waals surface area contributed by atoms with Gasteiger partial charge in [0.15, 0.2) is 0 Å². The average molecular weight is 312 g/mol. The van der Waals surface area contributed by atoms with Crippen molar-refractivity contribution >= 4 is 28.6 Å². The summed E-state index contributed by atoms with van der Waals surface area (Å²) in [5.74, 6) is -0.667. The van der Waals surface area contributed by atoms with Crippen LogP contribution < -0.4 is 11.2 Å². The Kier molecular flexibility index (Phi) is 4.13. The number of hydrogen-bond acceptors (Lipinski definition) is 5. The molecule has 112 valence electrons. The number of aryl methyl sites for hydroxylation is 1. The number of aromatic nitrogens is 3. The average Bonchev–Trinajstić information content (AvgIpc) is 2.49. The molecule has 0 amide bonds. The summed E-state index contributed by atoms with van der Waals surface area (Å²) in [5, 5.41) is 0.153. The third-order valence-corrected chi connectivity index (χ3v) is 3.47. The van der Waals surface area contributed by atoms with Crippen molar-refractivity contribution in [3.63, 3.8) is 0 Å². The molecular formula is C13H14ClN3O4. The molecule has 0 radical (unpaired) electrons. The number of ether oxygens (including phenoxy) is 1. The Balaban J connectivity index is 2.95. The number of alkyl halides is 1. The fourth-order valence-corrected chi connectivity index (χ4v) is 2.39. The first kappa shape index (κ1) is 15.2. The van der Waals surface area contributed by atoms with Gasteiger partial charge in [-0.3, -0.25) is 13.9 Å². The van der Waals surface area contributed by atoms with Gasteiger partial charge in [-0.1, -0.05) is 0 Å². The molecule has 8 heteroatoms. The van der Waals surface area contributed by atoms with Crippen molar-refractivity contribution in [2.45, 2.75) is 12.8 Å². The highest BCUT2D eigenvalue weighted by Crippen LogP contribution is 2.19. The lowest BCUT2D eigenvalue weighted by molar-refractivity contribution is 0.0525. The molecule has 0 aliphatic carbocycles. The van der Waals surface area contributed by atoms with Gasteiger partial charge in [-0.15, -0.1) is 11.6 Å². The molecule has 2 aromatic heterocycles. The molecule has 0 atom stereocenters. The minimum Gasteiger partial charge on any atom is -0.462 e. The minimum atomic E-state index is -0.599. The second-order valence-electron chi connectivity index (χ2n) is 4.41. The summed E-state index contributed by atoms with van der Waals surface area (Å²) in [6.45, 7) is 1.87. The highest BCUT2D eigenvalue weighted by atomic mass is 35.5. The van der Waals surface area contributed by atoms with Crippen LogP contribution in [-0.2, 0) is 24.7 Å². The van der Waals surface area contributed by atoms with Crippen molar-refractivity contribution in [1.82, 2.24) is 14.1 Å². The van der Waals surface area contributed by atoms with Crippen molar-refractivity contribution in [3.8, 4) is 0 Å². The molecule has 0 aliphatic heterocycles. The predicted octanol–water partition coefficient (Wildman–Crippen LogP) is 0.548. The van der Waals surface area contributed by atoms with E-state index < -0.39 is 17.2 Å². The highest BCUT2D eigenvalue weighted by molar-refractivity contribution is 6.18. The molecule has 0 spiro atoms. The van der Waals surface area contributed by atoms with Gasteiger partial charge in [-0.05, 0) is 12.5 Å². The Morgan fingerprint density at radius 3 is 2.57 bits per heavy atom. The van der Waals surface area contributed by atoms with Crippen molar-refractivity contribution in [3.05, 3.63) is 38.2 Å². The number of hydrogen-bond donors (Lipinski definition) is 0. The molecule has 7 nitrogen and oxygen atoms in total. The van der Waals surface area contributed by atoms with Crippen LogP contribution in [0.5, 0.6) is 0 Å². The van der Waals surface area contributed by atoms with E-state index in [1.54, 1.807) is 6.92 Å². The molecule has 0 N–H and O–H groups in total. The Morgan fingerprint density at radius 2 is 2.00 bits per heavy atom. The van der Waals surface area contributed by atoms with E-state index >= 15 is 0 Å². The van der Waals surface area contributed by atoms with Gasteiger partial charge in [0.25, 0.3) is 5.56 Å². The maximum atomic E-state index is 12.3. The van der Waals surface area contributed by atoms with Crippen LogP contribution in [0.1, 0.15) is 22.8 Å². The third-order valence-electron chi connectivity index (χ3n) is 3.21. The molecule has 0 saturated heterocycles. The van der Waals surface area contributed by atoms with E-state index in [4.69, 9.17) is 16.3 Å². The van der Waals surface area contributed by atoms with E-state index in [1.807, 2.05) is 0 Å². The molecule has 0 aromatic carbocycles. The van der Waals surface area contributed by atoms with E-state index in [9.17, 15) is 14.4 Å². The second-order valence-corrected chi connectivity index (χ2v) is 4.68. The van der Waals surface area contributed by atoms with E-state index in [0.29, 0.717) is 5.56 Å². The van der Waals surface area contributed by atoms with E-state index in [0.717, 1.165) is 4.57 Å². The number of esters is 1. The van der Waals surface area contributed by atoms with Crippen LogP contribution in [0.3, 0.4) is 0 Å². The smallest absolute Gasteiger partial charge is 0.340 e. The van der Waals surface area contributed by atoms with Gasteiger partial charge in [-0.2, -0.15) is 0 Å². The van der Waals surface area contributed by atoms with Gasteiger partial charge in [0.1, 0.15) is 5.65 Å². The SMILES string of the molecule is CCOC(=O)c1cnc2c(c1CCl)c(=O)n(C)c(=O)n2C. The van der Waals surface area contributed by atoms with Crippen LogP contribution in [0.4, 0.5) is 0 Å². The van der Waals surface area contributed by atoms with Gasteiger partial charge in [0, 0.05) is 26.2 Å². The molecule has 21 heavy (non-hydrogen) atoms. The van der Waals surface area contributed by atoms with Crippen LogP contribution in [-0.4, -0.2) is 26.7 Å². The normalized spacial score (nSPS) is 10.9. The molecule has 2 aromatic rings. The zero-order valence-corrected chi connectivity index (χ0v) is 12.6. The molecule has 0 unspecified atom stereocenters. The lowest BCUT2D eigenvalue weighted by atomic mass is 10.1. The van der Waals surface area contributed by atoms with Crippen molar-refractivity contribution < 1.29 is 9.53 Å². The fourth-order valence-electron chi connectivity index (χ4n) is 2.11. The summed E-state index contributed by atoms with van der Waals surface area (Å²) in [7, 11) is 2.86. The molecule has 2 heterocycles. The predicted molar refractivity (Wildman–Crippen MR) is 77.7 cm³/mol. The molecule has 0 bridgehead atoms. The summed E-state index contributed by atoms with van der Waals surface area (Å²) >= 11 is 5.90. The van der Waals surface area contributed by atoms with Crippen molar-refractivity contribution in [2.75, 3.05) is 6.61 Å². The number of carbonyl (C=O) groups excluding carboxylic acids is 1. The first-order valence-electron chi connectivity index (χ1n) is 6.24. The zero-order valence-electron chi connectivity index (χ0n) is 11.8. The van der Waals surface area contributed by atoms with Gasteiger partial charge >= 0.3 is 11.7 Å². The summed E-state index contributed by atoms with van der Waals surface area (Å²) in [6.07, 6.45) is 1.27. The number of rotatable bonds is 3. The van der Waals surface area contributed by atoms with Crippen LogP contribution in [0.25, 0.3) is 11.0 Å². The number of nitrogens with zero attached hydrogens (tertiary/aromatic N) is 3. The first-order chi connectivity index (χ1) is 9.93. The second kappa shape index (κ2) is 5.69. The van der Waals surface area contributed by atoms with Gasteiger partial charge in [-0.25, -0.2) is 14.6 Å². The lowest BCUT2D eigenvalue weighted by Gasteiger charge is -2.12. The third kappa shape index (κ3) is 2.33. The van der Waals surface area contributed by atoms with Crippen LogP contribution in [0.15, 0.2) is 15.8 Å². The maximum absolute atomic E-state index is 12.3. The van der Waals surface area contributed by atoms with Crippen molar-refractivity contribution in [1.29, 1.82) is 0 Å². The number of pyridine rings is 1. The summed E-state index contributed by atoms with van der Waals surface area (Å²) in [4.78, 5) is 40.2. The first-order valence-corrected chi connectivity index (χ1v) is 6.78. The van der Waals surface area contributed by atoms with Crippen LogP contribution >= 0.6 is 11.6 Å². The van der Waals surface area contributed by atoms with E-state index in [2.05, 4.69) is 4.98 Å². The Bertz CT molecular complexity index is 838. The maximum Gasteiger partial charge on any atom is 0.340 e. The number of fused-ring (bicyclic) bond motifs is 1. The van der Waals surface area contributed by atoms with E-state index in [-0.39, 0.29) is 29.1 Å². The van der Waals surface area contributed by atoms with Crippen LogP contribution in [0, 0.1) is 0 Å². The molecule has 2 rings (SSSR count).